The number of aliphatic carboxylic acids is 1. The third-order valence-electron chi connectivity index (χ3n) is 3.31. The third-order valence-corrected chi connectivity index (χ3v) is 3.31. The standard InChI is InChI=1S/C12H22N2O3/c1-3-13(9-12(16)17)8-11-6-4-5-7-14(11)10(2)15/h11H,3-9H2,1-2H3,(H,16,17)/t11-/m0/s1. The monoisotopic (exact) mass is 242 g/mol. The van der Waals surface area contributed by atoms with Gasteiger partial charge < -0.3 is 10.0 Å². The van der Waals surface area contributed by atoms with E-state index in [0.29, 0.717) is 13.1 Å². The van der Waals surface area contributed by atoms with Gasteiger partial charge in [-0.1, -0.05) is 6.92 Å². The van der Waals surface area contributed by atoms with E-state index in [4.69, 9.17) is 5.11 Å². The quantitative estimate of drug-likeness (QED) is 0.774. The lowest BCUT2D eigenvalue weighted by atomic mass is 10.0. The number of likely N-dealkylation sites (tertiary alicyclic amines) is 1. The van der Waals surface area contributed by atoms with Crippen molar-refractivity contribution in [1.82, 2.24) is 9.80 Å². The van der Waals surface area contributed by atoms with Crippen LogP contribution in [0.25, 0.3) is 0 Å². The van der Waals surface area contributed by atoms with E-state index in [1.807, 2.05) is 16.7 Å². The van der Waals surface area contributed by atoms with Crippen molar-refractivity contribution in [2.75, 3.05) is 26.2 Å². The molecule has 1 atom stereocenters. The Morgan fingerprint density at radius 3 is 2.65 bits per heavy atom. The molecule has 0 bridgehead atoms. The molecule has 98 valence electrons. The summed E-state index contributed by atoms with van der Waals surface area (Å²) in [5.41, 5.74) is 0. The molecule has 0 aliphatic carbocycles. The number of carbonyl (C=O) groups excluding carboxylic acids is 1. The van der Waals surface area contributed by atoms with Crippen molar-refractivity contribution in [1.29, 1.82) is 0 Å². The normalized spacial score (nSPS) is 20.6. The number of carboxylic acids is 1. The molecule has 17 heavy (non-hydrogen) atoms. The molecule has 0 aromatic heterocycles. The SMILES string of the molecule is CCN(CC(=O)O)C[C@@H]1CCCCN1C(C)=O. The number of hydrogen-bond donors (Lipinski definition) is 1. The molecule has 0 spiro atoms. The molecule has 5 nitrogen and oxygen atoms in total. The van der Waals surface area contributed by atoms with Gasteiger partial charge in [-0.25, -0.2) is 0 Å². The Kier molecular flexibility index (Phi) is 5.41. The summed E-state index contributed by atoms with van der Waals surface area (Å²) in [6, 6.07) is 0.181. The van der Waals surface area contributed by atoms with Crippen molar-refractivity contribution in [3.8, 4) is 0 Å². The molecular weight excluding hydrogens is 220 g/mol. The van der Waals surface area contributed by atoms with Crippen LogP contribution in [0, 0.1) is 0 Å². The third kappa shape index (κ3) is 4.34. The first-order valence-corrected chi connectivity index (χ1v) is 6.26. The van der Waals surface area contributed by atoms with Crippen LogP contribution in [0.15, 0.2) is 0 Å². The molecule has 1 heterocycles. The number of hydrogen-bond acceptors (Lipinski definition) is 3. The highest BCUT2D eigenvalue weighted by Gasteiger charge is 2.26. The highest BCUT2D eigenvalue weighted by atomic mass is 16.4. The molecule has 0 aromatic carbocycles. The Morgan fingerprint density at radius 2 is 2.12 bits per heavy atom. The van der Waals surface area contributed by atoms with Crippen LogP contribution in [0.1, 0.15) is 33.1 Å². The number of carboxylic acid groups (broad SMARTS) is 1. The predicted molar refractivity (Wildman–Crippen MR) is 64.8 cm³/mol. The molecule has 1 saturated heterocycles. The van der Waals surface area contributed by atoms with Gasteiger partial charge >= 0.3 is 5.97 Å². The fraction of sp³-hybridized carbons (Fsp3) is 0.833. The van der Waals surface area contributed by atoms with Gasteiger partial charge in [-0.3, -0.25) is 14.5 Å². The van der Waals surface area contributed by atoms with E-state index in [9.17, 15) is 9.59 Å². The second kappa shape index (κ2) is 6.59. The van der Waals surface area contributed by atoms with E-state index in [0.717, 1.165) is 25.8 Å². The zero-order chi connectivity index (χ0) is 12.8. The first-order valence-electron chi connectivity index (χ1n) is 6.26. The Bertz CT molecular complexity index is 281. The van der Waals surface area contributed by atoms with E-state index in [1.54, 1.807) is 6.92 Å². The lowest BCUT2D eigenvalue weighted by Gasteiger charge is -2.37. The van der Waals surface area contributed by atoms with Crippen molar-refractivity contribution in [3.63, 3.8) is 0 Å². The minimum Gasteiger partial charge on any atom is -0.480 e. The molecule has 1 aliphatic heterocycles. The zero-order valence-corrected chi connectivity index (χ0v) is 10.7. The molecule has 0 saturated carbocycles. The van der Waals surface area contributed by atoms with Crippen molar-refractivity contribution in [2.45, 2.75) is 39.2 Å². The average molecular weight is 242 g/mol. The van der Waals surface area contributed by atoms with E-state index in [1.165, 1.54) is 0 Å². The summed E-state index contributed by atoms with van der Waals surface area (Å²) in [4.78, 5) is 26.0. The number of rotatable bonds is 5. The molecule has 1 rings (SSSR count). The second-order valence-electron chi connectivity index (χ2n) is 4.58. The van der Waals surface area contributed by atoms with Crippen LogP contribution in [0.3, 0.4) is 0 Å². The minimum absolute atomic E-state index is 0.0543. The molecule has 1 aliphatic rings. The molecule has 0 radical (unpaired) electrons. The van der Waals surface area contributed by atoms with Gasteiger partial charge in [-0.15, -0.1) is 0 Å². The fourth-order valence-corrected chi connectivity index (χ4v) is 2.40. The van der Waals surface area contributed by atoms with Crippen LogP contribution in [0.2, 0.25) is 0 Å². The van der Waals surface area contributed by atoms with Gasteiger partial charge in [-0.05, 0) is 25.8 Å². The first-order chi connectivity index (χ1) is 8.04. The average Bonchev–Trinajstić information content (AvgIpc) is 2.28. The summed E-state index contributed by atoms with van der Waals surface area (Å²) in [7, 11) is 0. The largest absolute Gasteiger partial charge is 0.480 e. The van der Waals surface area contributed by atoms with Gasteiger partial charge in [-0.2, -0.15) is 0 Å². The lowest BCUT2D eigenvalue weighted by Crippen LogP contribution is -2.49. The van der Waals surface area contributed by atoms with Gasteiger partial charge in [0, 0.05) is 26.1 Å². The number of likely N-dealkylation sites (N-methyl/N-ethyl adjacent to an activating group) is 1. The van der Waals surface area contributed by atoms with Crippen molar-refractivity contribution < 1.29 is 14.7 Å². The smallest absolute Gasteiger partial charge is 0.317 e. The molecule has 5 heteroatoms. The van der Waals surface area contributed by atoms with Gasteiger partial charge in [0.15, 0.2) is 0 Å². The van der Waals surface area contributed by atoms with E-state index in [2.05, 4.69) is 0 Å². The topological polar surface area (TPSA) is 60.9 Å². The number of piperidine rings is 1. The van der Waals surface area contributed by atoms with E-state index < -0.39 is 5.97 Å². The van der Waals surface area contributed by atoms with Crippen LogP contribution in [-0.2, 0) is 9.59 Å². The summed E-state index contributed by atoms with van der Waals surface area (Å²) in [6.45, 7) is 5.77. The molecule has 0 aromatic rings. The van der Waals surface area contributed by atoms with Crippen LogP contribution in [0.5, 0.6) is 0 Å². The van der Waals surface area contributed by atoms with Gasteiger partial charge in [0.2, 0.25) is 5.91 Å². The van der Waals surface area contributed by atoms with Crippen LogP contribution in [0.4, 0.5) is 0 Å². The zero-order valence-electron chi connectivity index (χ0n) is 10.7. The number of amides is 1. The maximum atomic E-state index is 11.5. The molecular formula is C12H22N2O3. The lowest BCUT2D eigenvalue weighted by molar-refractivity contribution is -0.138. The summed E-state index contributed by atoms with van der Waals surface area (Å²) in [5, 5.41) is 8.80. The Labute approximate surface area is 102 Å². The van der Waals surface area contributed by atoms with E-state index >= 15 is 0 Å². The summed E-state index contributed by atoms with van der Waals surface area (Å²) < 4.78 is 0. The van der Waals surface area contributed by atoms with Gasteiger partial charge in [0.25, 0.3) is 0 Å². The van der Waals surface area contributed by atoms with Crippen molar-refractivity contribution in [3.05, 3.63) is 0 Å². The molecule has 0 unspecified atom stereocenters. The Hall–Kier alpha value is -1.10. The van der Waals surface area contributed by atoms with Crippen molar-refractivity contribution in [2.24, 2.45) is 0 Å². The molecule has 1 amide bonds. The molecule has 1 N–H and O–H groups in total. The van der Waals surface area contributed by atoms with Crippen LogP contribution >= 0.6 is 0 Å². The van der Waals surface area contributed by atoms with Crippen LogP contribution in [-0.4, -0.2) is 59.0 Å². The highest BCUT2D eigenvalue weighted by Crippen LogP contribution is 2.18. The second-order valence-corrected chi connectivity index (χ2v) is 4.58. The minimum atomic E-state index is -0.808. The van der Waals surface area contributed by atoms with Gasteiger partial charge in [0.05, 0.1) is 6.54 Å². The first kappa shape index (κ1) is 14.0. The maximum absolute atomic E-state index is 11.5. The summed E-state index contributed by atoms with van der Waals surface area (Å²) in [6.07, 6.45) is 3.16. The van der Waals surface area contributed by atoms with E-state index in [-0.39, 0.29) is 18.5 Å². The summed E-state index contributed by atoms with van der Waals surface area (Å²) in [5.74, 6) is -0.710. The van der Waals surface area contributed by atoms with Gasteiger partial charge in [0.1, 0.15) is 0 Å². The Balaban J connectivity index is 2.56. The number of carbonyl (C=O) groups is 2. The maximum Gasteiger partial charge on any atom is 0.317 e. The fourth-order valence-electron chi connectivity index (χ4n) is 2.40. The van der Waals surface area contributed by atoms with Crippen LogP contribution < -0.4 is 0 Å². The highest BCUT2D eigenvalue weighted by molar-refractivity contribution is 5.73. The predicted octanol–water partition coefficient (Wildman–Crippen LogP) is 0.794. The number of nitrogens with zero attached hydrogens (tertiary/aromatic N) is 2. The summed E-state index contributed by atoms with van der Waals surface area (Å²) >= 11 is 0. The Morgan fingerprint density at radius 1 is 1.41 bits per heavy atom. The van der Waals surface area contributed by atoms with Crippen molar-refractivity contribution >= 4 is 11.9 Å². The molecule has 1 fully saturated rings.